The summed E-state index contributed by atoms with van der Waals surface area (Å²) < 4.78 is 5.81. The van der Waals surface area contributed by atoms with E-state index in [9.17, 15) is 24.6 Å². The van der Waals surface area contributed by atoms with Gasteiger partial charge in [-0.25, -0.2) is 0 Å². The molecular formula is C30H37NO6. The third-order valence-electron chi connectivity index (χ3n) is 8.53. The molecule has 0 bridgehead atoms. The van der Waals surface area contributed by atoms with E-state index in [1.54, 1.807) is 19.1 Å². The maximum atomic E-state index is 14.2. The first-order valence-electron chi connectivity index (χ1n) is 12.9. The average Bonchev–Trinajstić information content (AvgIpc) is 3.13. The van der Waals surface area contributed by atoms with E-state index in [-0.39, 0.29) is 23.7 Å². The van der Waals surface area contributed by atoms with Gasteiger partial charge in [0, 0.05) is 30.7 Å². The Bertz CT molecular complexity index is 1140. The number of carbonyl (C=O) groups excluding carboxylic acids is 3. The number of aliphatic hydroxyl groups is 2. The predicted octanol–water partition coefficient (Wildman–Crippen LogP) is 2.92. The Morgan fingerprint density at radius 1 is 1.19 bits per heavy atom. The molecule has 1 saturated carbocycles. The highest BCUT2D eigenvalue weighted by molar-refractivity contribution is 5.91. The van der Waals surface area contributed by atoms with E-state index in [1.165, 1.54) is 26.0 Å². The number of allylic oxidation sites excluding steroid dienone is 1. The third-order valence-corrected chi connectivity index (χ3v) is 8.53. The van der Waals surface area contributed by atoms with Crippen LogP contribution in [0.15, 0.2) is 66.8 Å². The molecule has 1 aliphatic heterocycles. The molecule has 198 valence electrons. The molecular weight excluding hydrogens is 470 g/mol. The Morgan fingerprint density at radius 2 is 1.86 bits per heavy atom. The standard InChI is InChI=1S/C30H37NO6/c1-17-10-9-13-22-26(33)19(3)18(2)25-23(16-21-11-7-6-8-12-21)31-28(35)30(22,25)24(37-20(4)32)14-15-29(5,36)27(17)34/h6-9,11-15,17-18,22-26,33,36H,3,10,16H2,1-2,4-5H3,(H,31,35)/b13-9+,15-14-/t17-,18+,22-,23+,24-,25-,26-,29-,30-/m1/s1. The molecule has 1 aromatic carbocycles. The number of ketones is 1. The fourth-order valence-electron chi connectivity index (χ4n) is 6.68. The van der Waals surface area contributed by atoms with Crippen molar-refractivity contribution in [3.63, 3.8) is 0 Å². The van der Waals surface area contributed by atoms with E-state index < -0.39 is 46.9 Å². The number of hydrogen-bond acceptors (Lipinski definition) is 6. The van der Waals surface area contributed by atoms with Crippen LogP contribution in [0.5, 0.6) is 0 Å². The second-order valence-corrected chi connectivity index (χ2v) is 11.0. The first-order chi connectivity index (χ1) is 17.4. The zero-order chi connectivity index (χ0) is 27.1. The summed E-state index contributed by atoms with van der Waals surface area (Å²) in [6.45, 7) is 10.5. The second kappa shape index (κ2) is 10.0. The molecule has 4 rings (SSSR count). The highest BCUT2D eigenvalue weighted by Crippen LogP contribution is 2.58. The molecule has 2 aliphatic carbocycles. The maximum absolute atomic E-state index is 14.2. The summed E-state index contributed by atoms with van der Waals surface area (Å²) in [5.41, 5.74) is -1.55. The zero-order valence-electron chi connectivity index (χ0n) is 21.9. The Kier molecular flexibility index (Phi) is 7.32. The average molecular weight is 508 g/mol. The van der Waals surface area contributed by atoms with Gasteiger partial charge in [0.15, 0.2) is 5.78 Å². The van der Waals surface area contributed by atoms with Crippen LogP contribution in [0.1, 0.15) is 39.7 Å². The van der Waals surface area contributed by atoms with Gasteiger partial charge in [0.1, 0.15) is 17.1 Å². The molecule has 1 saturated heterocycles. The lowest BCUT2D eigenvalue weighted by atomic mass is 9.51. The van der Waals surface area contributed by atoms with Crippen molar-refractivity contribution in [3.05, 3.63) is 72.4 Å². The van der Waals surface area contributed by atoms with Crippen molar-refractivity contribution in [2.75, 3.05) is 0 Å². The number of benzene rings is 1. The van der Waals surface area contributed by atoms with Crippen LogP contribution in [0, 0.1) is 29.1 Å². The summed E-state index contributed by atoms with van der Waals surface area (Å²) in [6, 6.07) is 9.49. The summed E-state index contributed by atoms with van der Waals surface area (Å²) >= 11 is 0. The van der Waals surface area contributed by atoms with E-state index in [4.69, 9.17) is 4.74 Å². The van der Waals surface area contributed by atoms with Crippen molar-refractivity contribution in [2.24, 2.45) is 29.1 Å². The van der Waals surface area contributed by atoms with Gasteiger partial charge in [-0.3, -0.25) is 14.4 Å². The molecule has 9 atom stereocenters. The van der Waals surface area contributed by atoms with E-state index in [1.807, 2.05) is 37.3 Å². The van der Waals surface area contributed by atoms with Crippen LogP contribution in [-0.4, -0.2) is 51.7 Å². The van der Waals surface area contributed by atoms with Crippen LogP contribution < -0.4 is 5.32 Å². The van der Waals surface area contributed by atoms with E-state index in [0.717, 1.165) is 5.56 Å². The fraction of sp³-hybridized carbons (Fsp3) is 0.500. The first-order valence-corrected chi connectivity index (χ1v) is 12.9. The minimum atomic E-state index is -1.82. The van der Waals surface area contributed by atoms with Gasteiger partial charge >= 0.3 is 5.97 Å². The minimum absolute atomic E-state index is 0.287. The van der Waals surface area contributed by atoms with Crippen molar-refractivity contribution in [1.29, 1.82) is 0 Å². The topological polar surface area (TPSA) is 113 Å². The van der Waals surface area contributed by atoms with E-state index >= 15 is 0 Å². The number of aliphatic hydroxyl groups excluding tert-OH is 1. The Hall–Kier alpha value is -3.03. The minimum Gasteiger partial charge on any atom is -0.457 e. The lowest BCUT2D eigenvalue weighted by Crippen LogP contribution is -2.60. The van der Waals surface area contributed by atoms with Gasteiger partial charge in [0.25, 0.3) is 0 Å². The van der Waals surface area contributed by atoms with Gasteiger partial charge in [-0.15, -0.1) is 0 Å². The molecule has 1 aromatic rings. The van der Waals surface area contributed by atoms with Crippen molar-refractivity contribution in [1.82, 2.24) is 5.32 Å². The normalized spacial score (nSPS) is 41.6. The smallest absolute Gasteiger partial charge is 0.303 e. The Labute approximate surface area is 218 Å². The van der Waals surface area contributed by atoms with Gasteiger partial charge < -0.3 is 20.3 Å². The van der Waals surface area contributed by atoms with Crippen molar-refractivity contribution in [3.8, 4) is 0 Å². The maximum Gasteiger partial charge on any atom is 0.303 e. The van der Waals surface area contributed by atoms with E-state index in [2.05, 4.69) is 11.9 Å². The number of nitrogens with one attached hydrogen (secondary N) is 1. The lowest BCUT2D eigenvalue weighted by Gasteiger charge is -2.52. The van der Waals surface area contributed by atoms with Crippen LogP contribution in [0.4, 0.5) is 0 Å². The molecule has 0 unspecified atom stereocenters. The molecule has 1 heterocycles. The SMILES string of the molecule is C=C1[C@@H](O)[C@H]2/C=C/C[C@@H](C)C(=O)[C@](C)(O)/C=C\[C@@H](OC(C)=O)[C@]23C(=O)N[C@@H](Cc2ccccc2)[C@H]3[C@H]1C. The van der Waals surface area contributed by atoms with Crippen LogP contribution in [-0.2, 0) is 25.5 Å². The lowest BCUT2D eigenvalue weighted by molar-refractivity contribution is -0.166. The molecule has 1 amide bonds. The summed E-state index contributed by atoms with van der Waals surface area (Å²) in [5.74, 6) is -3.26. The summed E-state index contributed by atoms with van der Waals surface area (Å²) in [7, 11) is 0. The third kappa shape index (κ3) is 4.59. The van der Waals surface area contributed by atoms with Gasteiger partial charge in [0.2, 0.25) is 5.91 Å². The summed E-state index contributed by atoms with van der Waals surface area (Å²) in [4.78, 5) is 39.5. The number of ether oxygens (including phenoxy) is 1. The monoisotopic (exact) mass is 507 g/mol. The number of amides is 1. The number of Topliss-reactive ketones (excluding diaryl/α,β-unsaturated/α-hetero) is 1. The van der Waals surface area contributed by atoms with Gasteiger partial charge in [-0.1, -0.05) is 62.9 Å². The molecule has 7 nitrogen and oxygen atoms in total. The summed E-state index contributed by atoms with van der Waals surface area (Å²) in [6.07, 6.45) is 5.01. The van der Waals surface area contributed by atoms with Crippen LogP contribution in [0.2, 0.25) is 0 Å². The quantitative estimate of drug-likeness (QED) is 0.428. The van der Waals surface area contributed by atoms with Crippen molar-refractivity contribution < 1.29 is 29.3 Å². The Morgan fingerprint density at radius 3 is 2.51 bits per heavy atom. The van der Waals surface area contributed by atoms with Crippen LogP contribution in [0.25, 0.3) is 0 Å². The molecule has 0 radical (unpaired) electrons. The van der Waals surface area contributed by atoms with Crippen LogP contribution >= 0.6 is 0 Å². The van der Waals surface area contributed by atoms with Crippen molar-refractivity contribution >= 4 is 17.7 Å². The van der Waals surface area contributed by atoms with E-state index in [0.29, 0.717) is 18.4 Å². The van der Waals surface area contributed by atoms with Crippen LogP contribution in [0.3, 0.4) is 0 Å². The molecule has 7 heteroatoms. The number of esters is 1. The molecule has 0 aromatic heterocycles. The first kappa shape index (κ1) is 27.0. The van der Waals surface area contributed by atoms with Gasteiger partial charge in [0.05, 0.1) is 6.10 Å². The molecule has 3 aliphatic rings. The molecule has 3 N–H and O–H groups in total. The zero-order valence-corrected chi connectivity index (χ0v) is 21.9. The molecule has 1 spiro atoms. The van der Waals surface area contributed by atoms with Gasteiger partial charge in [-0.05, 0) is 49.0 Å². The largest absolute Gasteiger partial charge is 0.457 e. The van der Waals surface area contributed by atoms with Crippen molar-refractivity contribution in [2.45, 2.75) is 64.4 Å². The molecule has 2 fully saturated rings. The Balaban J connectivity index is 1.94. The number of carbonyl (C=O) groups is 3. The fourth-order valence-corrected chi connectivity index (χ4v) is 6.68. The highest BCUT2D eigenvalue weighted by atomic mass is 16.5. The second-order valence-electron chi connectivity index (χ2n) is 11.0. The van der Waals surface area contributed by atoms with Gasteiger partial charge in [-0.2, -0.15) is 0 Å². The highest BCUT2D eigenvalue weighted by Gasteiger charge is 2.68. The predicted molar refractivity (Wildman–Crippen MR) is 139 cm³/mol. The number of rotatable bonds is 3. The molecule has 37 heavy (non-hydrogen) atoms. The number of hydrogen-bond donors (Lipinski definition) is 3. The summed E-state index contributed by atoms with van der Waals surface area (Å²) in [5, 5.41) is 25.7.